The van der Waals surface area contributed by atoms with E-state index in [1.54, 1.807) is 0 Å². The van der Waals surface area contributed by atoms with Crippen molar-refractivity contribution in [3.05, 3.63) is 33.6 Å². The van der Waals surface area contributed by atoms with E-state index >= 15 is 0 Å². The van der Waals surface area contributed by atoms with E-state index in [1.165, 1.54) is 12.1 Å². The Hall–Kier alpha value is -0.350. The van der Waals surface area contributed by atoms with Crippen LogP contribution in [0.2, 0.25) is 10.0 Å². The number of nitrogens with two attached hydrogens (primary N) is 1. The van der Waals surface area contributed by atoms with Gasteiger partial charge in [0.25, 0.3) is 0 Å². The molecule has 0 saturated carbocycles. The fraction of sp³-hybridized carbons (Fsp3) is 0.333. The molecule has 0 aliphatic carbocycles. The molecule has 14 heavy (non-hydrogen) atoms. The van der Waals surface area contributed by atoms with Gasteiger partial charge in [-0.05, 0) is 18.6 Å². The van der Waals surface area contributed by atoms with Crippen molar-refractivity contribution in [2.75, 3.05) is 6.61 Å². The molecule has 5 heteroatoms. The molecule has 0 fully saturated rings. The third-order valence-electron chi connectivity index (χ3n) is 1.89. The average Bonchev–Trinajstić information content (AvgIpc) is 2.13. The van der Waals surface area contributed by atoms with E-state index in [-0.39, 0.29) is 28.6 Å². The van der Waals surface area contributed by atoms with Crippen molar-refractivity contribution in [1.29, 1.82) is 0 Å². The minimum Gasteiger partial charge on any atom is -0.396 e. The first kappa shape index (κ1) is 11.7. The predicted octanol–water partition coefficient (Wildman–Crippen LogP) is 2.51. The van der Waals surface area contributed by atoms with Crippen molar-refractivity contribution >= 4 is 23.2 Å². The number of aliphatic hydroxyl groups is 1. The molecule has 0 bridgehead atoms. The lowest BCUT2D eigenvalue weighted by molar-refractivity contribution is 0.275. The van der Waals surface area contributed by atoms with Crippen LogP contribution in [0.15, 0.2) is 12.1 Å². The second-order valence-corrected chi connectivity index (χ2v) is 3.69. The quantitative estimate of drug-likeness (QED) is 0.794. The Bertz CT molecular complexity index is 333. The maximum atomic E-state index is 13.5. The smallest absolute Gasteiger partial charge is 0.148 e. The fourth-order valence-electron chi connectivity index (χ4n) is 1.17. The van der Waals surface area contributed by atoms with Gasteiger partial charge in [0.15, 0.2) is 0 Å². The molecule has 2 nitrogen and oxygen atoms in total. The highest BCUT2D eigenvalue weighted by atomic mass is 35.5. The van der Waals surface area contributed by atoms with Gasteiger partial charge in [0.2, 0.25) is 0 Å². The predicted molar refractivity (Wildman–Crippen MR) is 55.1 cm³/mol. The maximum Gasteiger partial charge on any atom is 0.148 e. The van der Waals surface area contributed by atoms with Crippen LogP contribution in [0.1, 0.15) is 18.0 Å². The summed E-state index contributed by atoms with van der Waals surface area (Å²) in [7, 11) is 0. The normalized spacial score (nSPS) is 12.9. The van der Waals surface area contributed by atoms with Gasteiger partial charge in [-0.2, -0.15) is 0 Å². The molecule has 0 aliphatic rings. The van der Waals surface area contributed by atoms with Crippen LogP contribution in [0, 0.1) is 5.82 Å². The van der Waals surface area contributed by atoms with Crippen molar-refractivity contribution in [1.82, 2.24) is 0 Å². The molecule has 1 aromatic carbocycles. The van der Waals surface area contributed by atoms with Crippen LogP contribution in [0.25, 0.3) is 0 Å². The Labute approximate surface area is 91.4 Å². The number of aliphatic hydroxyl groups excluding tert-OH is 1. The van der Waals surface area contributed by atoms with Gasteiger partial charge in [-0.15, -0.1) is 0 Å². The van der Waals surface area contributed by atoms with Gasteiger partial charge in [0.1, 0.15) is 5.82 Å². The molecular weight excluding hydrogens is 228 g/mol. The molecule has 3 N–H and O–H groups in total. The zero-order valence-electron chi connectivity index (χ0n) is 7.30. The third kappa shape index (κ3) is 2.36. The molecule has 0 saturated heterocycles. The maximum absolute atomic E-state index is 13.5. The van der Waals surface area contributed by atoms with Crippen molar-refractivity contribution < 1.29 is 9.50 Å². The van der Waals surface area contributed by atoms with Crippen molar-refractivity contribution in [3.63, 3.8) is 0 Å². The summed E-state index contributed by atoms with van der Waals surface area (Å²) < 4.78 is 13.5. The number of benzene rings is 1. The Morgan fingerprint density at radius 1 is 1.36 bits per heavy atom. The van der Waals surface area contributed by atoms with Gasteiger partial charge < -0.3 is 10.8 Å². The summed E-state index contributed by atoms with van der Waals surface area (Å²) in [5, 5.41) is 8.88. The second-order valence-electron chi connectivity index (χ2n) is 2.88. The van der Waals surface area contributed by atoms with Crippen LogP contribution in [-0.4, -0.2) is 11.7 Å². The Morgan fingerprint density at radius 3 is 2.50 bits per heavy atom. The SMILES string of the molecule is N[C@@H](CCO)c1c(Cl)ccc(Cl)c1F. The first-order valence-corrected chi connectivity index (χ1v) is 4.83. The van der Waals surface area contributed by atoms with E-state index in [9.17, 15) is 4.39 Å². The van der Waals surface area contributed by atoms with Crippen LogP contribution in [0.5, 0.6) is 0 Å². The zero-order chi connectivity index (χ0) is 10.7. The molecule has 0 radical (unpaired) electrons. The molecule has 1 aromatic rings. The second kappa shape index (κ2) is 4.94. The van der Waals surface area contributed by atoms with Gasteiger partial charge in [0, 0.05) is 23.2 Å². The van der Waals surface area contributed by atoms with Crippen molar-refractivity contribution in [3.8, 4) is 0 Å². The Kier molecular flexibility index (Phi) is 4.13. The van der Waals surface area contributed by atoms with Crippen LogP contribution < -0.4 is 5.73 Å². The molecule has 0 aliphatic heterocycles. The molecule has 0 unspecified atom stereocenters. The highest BCUT2D eigenvalue weighted by Gasteiger charge is 2.17. The van der Waals surface area contributed by atoms with E-state index < -0.39 is 11.9 Å². The summed E-state index contributed by atoms with van der Waals surface area (Å²) in [6.07, 6.45) is 0.247. The lowest BCUT2D eigenvalue weighted by Gasteiger charge is -2.13. The molecule has 1 atom stereocenters. The lowest BCUT2D eigenvalue weighted by atomic mass is 10.0. The van der Waals surface area contributed by atoms with Crippen molar-refractivity contribution in [2.45, 2.75) is 12.5 Å². The third-order valence-corrected chi connectivity index (χ3v) is 2.51. The topological polar surface area (TPSA) is 46.2 Å². The van der Waals surface area contributed by atoms with Crippen LogP contribution in [0.3, 0.4) is 0 Å². The van der Waals surface area contributed by atoms with E-state index in [2.05, 4.69) is 0 Å². The molecule has 1 rings (SSSR count). The standard InChI is InChI=1S/C9H10Cl2FNO/c10-5-1-2-6(11)9(12)8(5)7(13)3-4-14/h1-2,7,14H,3-4,13H2/t7-/m0/s1. The van der Waals surface area contributed by atoms with E-state index in [4.69, 9.17) is 34.0 Å². The average molecular weight is 238 g/mol. The molecule has 0 aromatic heterocycles. The molecule has 0 amide bonds. The van der Waals surface area contributed by atoms with Crippen LogP contribution >= 0.6 is 23.2 Å². The Balaban J connectivity index is 3.11. The van der Waals surface area contributed by atoms with Gasteiger partial charge in [-0.3, -0.25) is 0 Å². The van der Waals surface area contributed by atoms with Crippen LogP contribution in [-0.2, 0) is 0 Å². The molecule has 78 valence electrons. The van der Waals surface area contributed by atoms with Gasteiger partial charge in [0.05, 0.1) is 5.02 Å². The number of rotatable bonds is 3. The summed E-state index contributed by atoms with van der Waals surface area (Å²) in [4.78, 5) is 0. The molecule has 0 heterocycles. The lowest BCUT2D eigenvalue weighted by Crippen LogP contribution is -2.14. The summed E-state index contributed by atoms with van der Waals surface area (Å²) in [6.45, 7) is -0.122. The monoisotopic (exact) mass is 237 g/mol. The van der Waals surface area contributed by atoms with Gasteiger partial charge >= 0.3 is 0 Å². The largest absolute Gasteiger partial charge is 0.396 e. The first-order valence-electron chi connectivity index (χ1n) is 4.07. The zero-order valence-corrected chi connectivity index (χ0v) is 8.82. The van der Waals surface area contributed by atoms with E-state index in [0.29, 0.717) is 0 Å². The summed E-state index contributed by atoms with van der Waals surface area (Å²) in [5.74, 6) is -0.611. The van der Waals surface area contributed by atoms with Crippen molar-refractivity contribution in [2.24, 2.45) is 5.73 Å². The molecular formula is C9H10Cl2FNO. The highest BCUT2D eigenvalue weighted by Crippen LogP contribution is 2.30. The molecule has 0 spiro atoms. The number of halogens is 3. The van der Waals surface area contributed by atoms with Gasteiger partial charge in [-0.25, -0.2) is 4.39 Å². The summed E-state index contributed by atoms with van der Waals surface area (Å²) >= 11 is 11.4. The van der Waals surface area contributed by atoms with E-state index in [1.807, 2.05) is 0 Å². The summed E-state index contributed by atoms with van der Waals surface area (Å²) in [5.41, 5.74) is 5.79. The minimum absolute atomic E-state index is 0.0159. The number of hydrogen-bond donors (Lipinski definition) is 2. The minimum atomic E-state index is -0.633. The highest BCUT2D eigenvalue weighted by molar-refractivity contribution is 6.33. The number of hydrogen-bond acceptors (Lipinski definition) is 2. The van der Waals surface area contributed by atoms with E-state index in [0.717, 1.165) is 0 Å². The fourth-order valence-corrected chi connectivity index (χ4v) is 1.62. The summed E-state index contributed by atoms with van der Waals surface area (Å²) in [6, 6.07) is 2.22. The first-order chi connectivity index (χ1) is 6.57. The van der Waals surface area contributed by atoms with Gasteiger partial charge in [-0.1, -0.05) is 23.2 Å². The van der Waals surface area contributed by atoms with Crippen LogP contribution in [0.4, 0.5) is 4.39 Å². The Morgan fingerprint density at radius 2 is 1.93 bits per heavy atom.